The van der Waals surface area contributed by atoms with Crippen LogP contribution in [0.2, 0.25) is 0 Å². The van der Waals surface area contributed by atoms with Gasteiger partial charge >= 0.3 is 0 Å². The largest absolute Gasteiger partial charge is 0.345 e. The number of imidazole rings is 1. The number of hydrogen-bond donors (Lipinski definition) is 2. The fraction of sp³-hybridized carbons (Fsp3) is 0.733. The maximum absolute atomic E-state index is 12.3. The lowest BCUT2D eigenvalue weighted by Gasteiger charge is -2.20. The van der Waals surface area contributed by atoms with E-state index in [9.17, 15) is 4.79 Å². The van der Waals surface area contributed by atoms with Gasteiger partial charge in [0.1, 0.15) is 0 Å². The summed E-state index contributed by atoms with van der Waals surface area (Å²) in [5.41, 5.74) is 1.11. The first-order valence-electron chi connectivity index (χ1n) is 7.64. The van der Waals surface area contributed by atoms with Crippen molar-refractivity contribution in [1.82, 2.24) is 20.2 Å². The third-order valence-electron chi connectivity index (χ3n) is 4.52. The topological polar surface area (TPSA) is 61.0 Å². The van der Waals surface area contributed by atoms with E-state index in [1.807, 2.05) is 6.20 Å². The lowest BCUT2D eigenvalue weighted by atomic mass is 10.1. The predicted molar refractivity (Wildman–Crippen MR) is 77.7 cm³/mol. The van der Waals surface area contributed by atoms with Crippen LogP contribution in [0.5, 0.6) is 0 Å². The molecular weight excluding hydrogens is 252 g/mol. The molecule has 2 atom stereocenters. The van der Waals surface area contributed by atoms with Crippen molar-refractivity contribution in [2.45, 2.75) is 51.6 Å². The van der Waals surface area contributed by atoms with Gasteiger partial charge < -0.3 is 10.3 Å². The van der Waals surface area contributed by atoms with Crippen molar-refractivity contribution in [3.05, 3.63) is 17.7 Å². The number of nitrogens with zero attached hydrogens (tertiary/aromatic N) is 2. The zero-order valence-electron chi connectivity index (χ0n) is 12.5. The van der Waals surface area contributed by atoms with Crippen LogP contribution in [0.1, 0.15) is 55.8 Å². The molecule has 5 nitrogen and oxygen atoms in total. The Morgan fingerprint density at radius 3 is 2.80 bits per heavy atom. The van der Waals surface area contributed by atoms with E-state index in [-0.39, 0.29) is 11.9 Å². The van der Waals surface area contributed by atoms with Gasteiger partial charge in [-0.15, -0.1) is 0 Å². The van der Waals surface area contributed by atoms with Crippen molar-refractivity contribution in [3.8, 4) is 0 Å². The van der Waals surface area contributed by atoms with Gasteiger partial charge in [0, 0.05) is 43.0 Å². The zero-order chi connectivity index (χ0) is 14.3. The number of rotatable bonds is 4. The van der Waals surface area contributed by atoms with Gasteiger partial charge in [0.15, 0.2) is 5.82 Å². The summed E-state index contributed by atoms with van der Waals surface area (Å²) in [6.45, 7) is 8.58. The molecule has 20 heavy (non-hydrogen) atoms. The first kappa shape index (κ1) is 13.6. The fourth-order valence-electron chi connectivity index (χ4n) is 2.90. The molecule has 1 aromatic rings. The van der Waals surface area contributed by atoms with Crippen molar-refractivity contribution in [2.75, 3.05) is 13.1 Å². The number of H-pyrrole nitrogens is 1. The quantitative estimate of drug-likeness (QED) is 0.880. The molecule has 2 N–H and O–H groups in total. The van der Waals surface area contributed by atoms with Gasteiger partial charge in [0.2, 0.25) is 0 Å². The molecule has 1 saturated carbocycles. The highest BCUT2D eigenvalue weighted by atomic mass is 16.2. The maximum Gasteiger partial charge on any atom is 0.287 e. The van der Waals surface area contributed by atoms with Gasteiger partial charge in [-0.05, 0) is 32.6 Å². The average Bonchev–Trinajstić information content (AvgIpc) is 3.01. The molecule has 1 aliphatic heterocycles. The van der Waals surface area contributed by atoms with Gasteiger partial charge in [-0.25, -0.2) is 4.98 Å². The van der Waals surface area contributed by atoms with Crippen molar-refractivity contribution in [2.24, 2.45) is 5.92 Å². The Labute approximate surface area is 120 Å². The summed E-state index contributed by atoms with van der Waals surface area (Å²) in [6, 6.07) is 0.754. The number of carbonyl (C=O) groups is 1. The second-order valence-electron chi connectivity index (χ2n) is 6.57. The normalized spacial score (nSPS) is 27.2. The standard InChI is InChI=1S/C15H24N4O/c1-9(2)19-7-10(3)13(8-19)18-15(20)14-16-6-12(17-14)11-4-5-11/h6,9-11,13H,4-5,7-8H2,1-3H3,(H,16,17)(H,18,20)/t10-,13+/m0/s1. The number of carbonyl (C=O) groups excluding carboxylic acids is 1. The summed E-state index contributed by atoms with van der Waals surface area (Å²) in [5.74, 6) is 1.48. The number of aromatic nitrogens is 2. The van der Waals surface area contributed by atoms with Crippen LogP contribution in [-0.2, 0) is 0 Å². The first-order chi connectivity index (χ1) is 9.54. The van der Waals surface area contributed by atoms with Crippen molar-refractivity contribution in [3.63, 3.8) is 0 Å². The molecule has 2 fully saturated rings. The molecule has 1 aromatic heterocycles. The monoisotopic (exact) mass is 276 g/mol. The van der Waals surface area contributed by atoms with Gasteiger partial charge in [0.25, 0.3) is 5.91 Å². The predicted octanol–water partition coefficient (Wildman–Crippen LogP) is 1.75. The van der Waals surface area contributed by atoms with E-state index in [2.05, 4.69) is 41.0 Å². The molecular formula is C15H24N4O. The Hall–Kier alpha value is -1.36. The van der Waals surface area contributed by atoms with Crippen LogP contribution in [0.25, 0.3) is 0 Å². The summed E-state index contributed by atoms with van der Waals surface area (Å²) >= 11 is 0. The molecule has 3 rings (SSSR count). The Morgan fingerprint density at radius 1 is 1.45 bits per heavy atom. The molecule has 0 spiro atoms. The Balaban J connectivity index is 1.60. The number of hydrogen-bond acceptors (Lipinski definition) is 3. The second-order valence-corrected chi connectivity index (χ2v) is 6.57. The zero-order valence-corrected chi connectivity index (χ0v) is 12.5. The van der Waals surface area contributed by atoms with E-state index in [0.29, 0.717) is 23.7 Å². The van der Waals surface area contributed by atoms with E-state index in [1.165, 1.54) is 12.8 Å². The van der Waals surface area contributed by atoms with E-state index in [0.717, 1.165) is 18.8 Å². The van der Waals surface area contributed by atoms with Gasteiger partial charge in [0.05, 0.1) is 0 Å². The lowest BCUT2D eigenvalue weighted by Crippen LogP contribution is -2.40. The number of nitrogens with one attached hydrogen (secondary N) is 2. The lowest BCUT2D eigenvalue weighted by molar-refractivity contribution is 0.0921. The van der Waals surface area contributed by atoms with Gasteiger partial charge in [-0.1, -0.05) is 6.92 Å². The number of likely N-dealkylation sites (tertiary alicyclic amines) is 1. The molecule has 0 radical (unpaired) electrons. The second kappa shape index (κ2) is 5.20. The van der Waals surface area contributed by atoms with Crippen LogP contribution < -0.4 is 5.32 Å². The Bertz CT molecular complexity index is 492. The maximum atomic E-state index is 12.3. The molecule has 0 unspecified atom stereocenters. The molecule has 2 aliphatic rings. The highest BCUT2D eigenvalue weighted by molar-refractivity contribution is 5.90. The van der Waals surface area contributed by atoms with Crippen molar-refractivity contribution >= 4 is 5.91 Å². The van der Waals surface area contributed by atoms with Crippen LogP contribution in [0.4, 0.5) is 0 Å². The highest BCUT2D eigenvalue weighted by Crippen LogP contribution is 2.38. The van der Waals surface area contributed by atoms with Crippen LogP contribution in [0.3, 0.4) is 0 Å². The van der Waals surface area contributed by atoms with Crippen LogP contribution in [0.15, 0.2) is 6.20 Å². The third kappa shape index (κ3) is 2.73. The van der Waals surface area contributed by atoms with Crippen molar-refractivity contribution < 1.29 is 4.79 Å². The number of aromatic amines is 1. The summed E-state index contributed by atoms with van der Waals surface area (Å²) < 4.78 is 0. The first-order valence-corrected chi connectivity index (χ1v) is 7.64. The van der Waals surface area contributed by atoms with E-state index < -0.39 is 0 Å². The molecule has 5 heteroatoms. The smallest absolute Gasteiger partial charge is 0.287 e. The van der Waals surface area contributed by atoms with E-state index in [1.54, 1.807) is 0 Å². The minimum atomic E-state index is -0.0700. The van der Waals surface area contributed by atoms with Crippen LogP contribution in [-0.4, -0.2) is 45.9 Å². The van der Waals surface area contributed by atoms with E-state index >= 15 is 0 Å². The number of amides is 1. The SMILES string of the molecule is CC(C)N1C[C@H](C)[C@H](NC(=O)c2ncc(C3CC3)[nH]2)C1. The molecule has 2 heterocycles. The molecule has 110 valence electrons. The van der Waals surface area contributed by atoms with Gasteiger partial charge in [-0.2, -0.15) is 0 Å². The van der Waals surface area contributed by atoms with E-state index in [4.69, 9.17) is 0 Å². The average molecular weight is 276 g/mol. The highest BCUT2D eigenvalue weighted by Gasteiger charge is 2.33. The summed E-state index contributed by atoms with van der Waals surface area (Å²) in [6.07, 6.45) is 4.24. The molecule has 1 saturated heterocycles. The van der Waals surface area contributed by atoms with Gasteiger partial charge in [-0.3, -0.25) is 9.69 Å². The molecule has 0 bridgehead atoms. The molecule has 1 amide bonds. The minimum Gasteiger partial charge on any atom is -0.345 e. The fourth-order valence-corrected chi connectivity index (χ4v) is 2.90. The minimum absolute atomic E-state index is 0.0700. The molecule has 1 aliphatic carbocycles. The van der Waals surface area contributed by atoms with Crippen LogP contribution in [0, 0.1) is 5.92 Å². The Kier molecular flexibility index (Phi) is 3.54. The summed E-state index contributed by atoms with van der Waals surface area (Å²) in [7, 11) is 0. The van der Waals surface area contributed by atoms with Crippen molar-refractivity contribution in [1.29, 1.82) is 0 Å². The summed E-state index contributed by atoms with van der Waals surface area (Å²) in [4.78, 5) is 22.0. The third-order valence-corrected chi connectivity index (χ3v) is 4.52. The summed E-state index contributed by atoms with van der Waals surface area (Å²) in [5, 5.41) is 3.13. The Morgan fingerprint density at radius 2 is 2.20 bits per heavy atom. The van der Waals surface area contributed by atoms with Crippen LogP contribution >= 0.6 is 0 Å². The molecule has 0 aromatic carbocycles.